The number of hydrogen-bond donors (Lipinski definition) is 2. The van der Waals surface area contributed by atoms with Crippen LogP contribution >= 0.6 is 24.0 Å². The van der Waals surface area contributed by atoms with Crippen LogP contribution in [-0.2, 0) is 6.54 Å². The van der Waals surface area contributed by atoms with Crippen LogP contribution in [0.4, 0.5) is 0 Å². The summed E-state index contributed by atoms with van der Waals surface area (Å²) in [6, 6.07) is 8.39. The number of rotatable bonds is 7. The molecule has 23 heavy (non-hydrogen) atoms. The zero-order valence-electron chi connectivity index (χ0n) is 15.1. The summed E-state index contributed by atoms with van der Waals surface area (Å²) in [6.45, 7) is 10.2. The molecule has 0 aliphatic carbocycles. The van der Waals surface area contributed by atoms with Crippen LogP contribution in [0.15, 0.2) is 29.3 Å². The van der Waals surface area contributed by atoms with E-state index in [4.69, 9.17) is 0 Å². The van der Waals surface area contributed by atoms with Gasteiger partial charge in [-0.2, -0.15) is 0 Å². The number of guanidine groups is 1. The van der Waals surface area contributed by atoms with Crippen molar-refractivity contribution >= 4 is 29.9 Å². The first kappa shape index (κ1) is 22.2. The number of nitrogens with zero attached hydrogens (tertiary/aromatic N) is 2. The van der Waals surface area contributed by atoms with E-state index >= 15 is 0 Å². The smallest absolute Gasteiger partial charge is 0.194 e. The SMILES string of the molecule is CCNC(=NCC(O)(CC)CC)N(C)Cc1ccccc1C.I. The minimum atomic E-state index is -0.704. The van der Waals surface area contributed by atoms with Crippen LogP contribution in [0, 0.1) is 6.92 Å². The fourth-order valence-corrected chi connectivity index (χ4v) is 2.28. The molecule has 0 saturated carbocycles. The van der Waals surface area contributed by atoms with Gasteiger partial charge in [-0.05, 0) is 37.8 Å². The second kappa shape index (κ2) is 10.9. The lowest BCUT2D eigenvalue weighted by molar-refractivity contribution is 0.0416. The van der Waals surface area contributed by atoms with E-state index in [1.54, 1.807) is 0 Å². The second-order valence-corrected chi connectivity index (χ2v) is 5.88. The van der Waals surface area contributed by atoms with Crippen LogP contribution in [0.1, 0.15) is 44.7 Å². The molecule has 0 atom stereocenters. The lowest BCUT2D eigenvalue weighted by Crippen LogP contribution is -2.40. The van der Waals surface area contributed by atoms with Gasteiger partial charge in [0.1, 0.15) is 0 Å². The van der Waals surface area contributed by atoms with Gasteiger partial charge < -0.3 is 15.3 Å². The van der Waals surface area contributed by atoms with E-state index in [1.807, 2.05) is 20.9 Å². The Kier molecular flexibility index (Phi) is 10.5. The van der Waals surface area contributed by atoms with Gasteiger partial charge >= 0.3 is 0 Å². The molecule has 5 heteroatoms. The first-order chi connectivity index (χ1) is 10.5. The Morgan fingerprint density at radius 2 is 1.83 bits per heavy atom. The molecule has 1 aromatic carbocycles. The quantitative estimate of drug-likeness (QED) is 0.393. The monoisotopic (exact) mass is 433 g/mol. The van der Waals surface area contributed by atoms with Crippen molar-refractivity contribution in [1.29, 1.82) is 0 Å². The first-order valence-corrected chi connectivity index (χ1v) is 8.22. The summed E-state index contributed by atoms with van der Waals surface area (Å²) in [6.07, 6.45) is 1.43. The van der Waals surface area contributed by atoms with Crippen molar-refractivity contribution in [3.8, 4) is 0 Å². The van der Waals surface area contributed by atoms with E-state index in [0.29, 0.717) is 19.4 Å². The molecule has 0 radical (unpaired) electrons. The van der Waals surface area contributed by atoms with Crippen LogP contribution in [-0.4, -0.2) is 41.7 Å². The molecule has 132 valence electrons. The highest BCUT2D eigenvalue weighted by atomic mass is 127. The Hall–Kier alpha value is -0.820. The van der Waals surface area contributed by atoms with Crippen LogP contribution in [0.5, 0.6) is 0 Å². The van der Waals surface area contributed by atoms with Crippen LogP contribution in [0.2, 0.25) is 0 Å². The zero-order valence-corrected chi connectivity index (χ0v) is 17.4. The van der Waals surface area contributed by atoms with Crippen molar-refractivity contribution in [2.75, 3.05) is 20.1 Å². The minimum absolute atomic E-state index is 0. The highest BCUT2D eigenvalue weighted by Crippen LogP contribution is 2.15. The van der Waals surface area contributed by atoms with Crippen molar-refractivity contribution in [2.45, 2.75) is 52.7 Å². The summed E-state index contributed by atoms with van der Waals surface area (Å²) in [4.78, 5) is 6.74. The van der Waals surface area contributed by atoms with E-state index in [1.165, 1.54) is 11.1 Å². The van der Waals surface area contributed by atoms with E-state index in [-0.39, 0.29) is 24.0 Å². The van der Waals surface area contributed by atoms with E-state index in [0.717, 1.165) is 19.0 Å². The minimum Gasteiger partial charge on any atom is -0.388 e. The predicted molar refractivity (Wildman–Crippen MR) is 110 cm³/mol. The third kappa shape index (κ3) is 7.08. The maximum atomic E-state index is 10.4. The summed E-state index contributed by atoms with van der Waals surface area (Å²) in [7, 11) is 2.03. The predicted octanol–water partition coefficient (Wildman–Crippen LogP) is 3.56. The standard InChI is InChI=1S/C18H31N3O.HI/c1-6-18(22,7-2)14-20-17(19-8-3)21(5)13-16-12-10-9-11-15(16)4;/h9-12,22H,6-8,13-14H2,1-5H3,(H,19,20);1H. The lowest BCUT2D eigenvalue weighted by atomic mass is 9.98. The summed E-state index contributed by atoms with van der Waals surface area (Å²) in [5, 5.41) is 13.7. The third-order valence-corrected chi connectivity index (χ3v) is 4.20. The molecule has 2 N–H and O–H groups in total. The Bertz CT molecular complexity index is 487. The van der Waals surface area contributed by atoms with Crippen LogP contribution in [0.3, 0.4) is 0 Å². The Balaban J connectivity index is 0.00000484. The van der Waals surface area contributed by atoms with E-state index < -0.39 is 5.60 Å². The Morgan fingerprint density at radius 1 is 1.22 bits per heavy atom. The normalized spacial score (nSPS) is 11.8. The van der Waals surface area contributed by atoms with Crippen molar-refractivity contribution < 1.29 is 5.11 Å². The lowest BCUT2D eigenvalue weighted by Gasteiger charge is -2.26. The average Bonchev–Trinajstić information content (AvgIpc) is 2.53. The molecular formula is C18H32IN3O. The number of nitrogens with one attached hydrogen (secondary N) is 1. The van der Waals surface area contributed by atoms with Gasteiger partial charge in [0.25, 0.3) is 0 Å². The van der Waals surface area contributed by atoms with Gasteiger partial charge in [-0.25, -0.2) is 0 Å². The molecular weight excluding hydrogens is 401 g/mol. The number of benzene rings is 1. The molecule has 0 heterocycles. The number of aryl methyl sites for hydroxylation is 1. The van der Waals surface area contributed by atoms with Gasteiger partial charge in [0, 0.05) is 20.1 Å². The van der Waals surface area contributed by atoms with Crippen LogP contribution in [0.25, 0.3) is 0 Å². The molecule has 0 amide bonds. The largest absolute Gasteiger partial charge is 0.388 e. The zero-order chi connectivity index (χ0) is 16.6. The summed E-state index contributed by atoms with van der Waals surface area (Å²) in [5.41, 5.74) is 1.87. The Morgan fingerprint density at radius 3 is 2.35 bits per heavy atom. The molecule has 0 saturated heterocycles. The third-order valence-electron chi connectivity index (χ3n) is 4.20. The van der Waals surface area contributed by atoms with Gasteiger partial charge in [0.05, 0.1) is 12.1 Å². The molecule has 1 aromatic rings. The number of halogens is 1. The molecule has 0 spiro atoms. The molecule has 0 fully saturated rings. The fourth-order valence-electron chi connectivity index (χ4n) is 2.28. The topological polar surface area (TPSA) is 47.9 Å². The van der Waals surface area contributed by atoms with E-state index in [2.05, 4.69) is 53.3 Å². The summed E-state index contributed by atoms with van der Waals surface area (Å²) >= 11 is 0. The highest BCUT2D eigenvalue weighted by Gasteiger charge is 2.22. The first-order valence-electron chi connectivity index (χ1n) is 8.22. The molecule has 4 nitrogen and oxygen atoms in total. The molecule has 0 bridgehead atoms. The van der Waals surface area contributed by atoms with Crippen molar-refractivity contribution in [2.24, 2.45) is 4.99 Å². The number of aliphatic hydroxyl groups is 1. The molecule has 0 aromatic heterocycles. The molecule has 1 rings (SSSR count). The molecule has 0 aliphatic rings. The number of hydrogen-bond acceptors (Lipinski definition) is 2. The fraction of sp³-hybridized carbons (Fsp3) is 0.611. The Labute approximate surface area is 158 Å². The van der Waals surface area contributed by atoms with Gasteiger partial charge in [-0.3, -0.25) is 4.99 Å². The van der Waals surface area contributed by atoms with Gasteiger partial charge in [0.2, 0.25) is 0 Å². The van der Waals surface area contributed by atoms with E-state index in [9.17, 15) is 5.11 Å². The van der Waals surface area contributed by atoms with Crippen molar-refractivity contribution in [3.63, 3.8) is 0 Å². The average molecular weight is 433 g/mol. The van der Waals surface area contributed by atoms with Crippen molar-refractivity contribution in [3.05, 3.63) is 35.4 Å². The maximum Gasteiger partial charge on any atom is 0.194 e. The van der Waals surface area contributed by atoms with Gasteiger partial charge in [-0.1, -0.05) is 38.1 Å². The van der Waals surface area contributed by atoms with Crippen molar-refractivity contribution in [1.82, 2.24) is 10.2 Å². The summed E-state index contributed by atoms with van der Waals surface area (Å²) in [5.74, 6) is 0.839. The van der Waals surface area contributed by atoms with Crippen LogP contribution < -0.4 is 5.32 Å². The highest BCUT2D eigenvalue weighted by molar-refractivity contribution is 14.0. The summed E-state index contributed by atoms with van der Waals surface area (Å²) < 4.78 is 0. The van der Waals surface area contributed by atoms with Gasteiger partial charge in [0.15, 0.2) is 5.96 Å². The second-order valence-electron chi connectivity index (χ2n) is 5.88. The number of aliphatic imine (C=N–C) groups is 1. The molecule has 0 aliphatic heterocycles. The van der Waals surface area contributed by atoms with Gasteiger partial charge in [-0.15, -0.1) is 24.0 Å². The molecule has 0 unspecified atom stereocenters. The maximum absolute atomic E-state index is 10.4.